The highest BCUT2D eigenvalue weighted by molar-refractivity contribution is 5.92. The van der Waals surface area contributed by atoms with Crippen molar-refractivity contribution in [2.45, 2.75) is 18.9 Å². The van der Waals surface area contributed by atoms with E-state index in [-0.39, 0.29) is 34.8 Å². The summed E-state index contributed by atoms with van der Waals surface area (Å²) in [5.41, 5.74) is -0.0655. The van der Waals surface area contributed by atoms with Crippen LogP contribution in [0, 0.1) is 17.1 Å². The molecule has 1 fully saturated rings. The summed E-state index contributed by atoms with van der Waals surface area (Å²) in [5.74, 6) is -0.907. The number of nitrogens with zero attached hydrogens (tertiary/aromatic N) is 3. The Morgan fingerprint density at radius 2 is 2.08 bits per heavy atom. The van der Waals surface area contributed by atoms with Crippen LogP contribution < -0.4 is 10.1 Å². The fraction of sp³-hybridized carbons (Fsp3) is 0.294. The van der Waals surface area contributed by atoms with Gasteiger partial charge in [-0.1, -0.05) is 6.07 Å². The van der Waals surface area contributed by atoms with E-state index in [9.17, 15) is 9.18 Å². The normalized spacial score (nSPS) is 14.6. The van der Waals surface area contributed by atoms with Crippen molar-refractivity contribution >= 4 is 5.91 Å². The van der Waals surface area contributed by atoms with Crippen LogP contribution in [0.1, 0.15) is 28.9 Å². The minimum Gasteiger partial charge on any atom is -0.436 e. The highest BCUT2D eigenvalue weighted by Crippen LogP contribution is 2.25. The lowest BCUT2D eigenvalue weighted by Crippen LogP contribution is -2.39. The first-order chi connectivity index (χ1) is 12.2. The van der Waals surface area contributed by atoms with Gasteiger partial charge in [0.2, 0.25) is 5.88 Å². The summed E-state index contributed by atoms with van der Waals surface area (Å²) in [5, 5.41) is 19.5. The third kappa shape index (κ3) is 4.08. The number of nitrogens with one attached hydrogen (secondary N) is 1. The molecule has 1 amide bonds. The van der Waals surface area contributed by atoms with Gasteiger partial charge in [-0.15, -0.1) is 10.2 Å². The van der Waals surface area contributed by atoms with Crippen molar-refractivity contribution in [2.24, 2.45) is 0 Å². The number of ether oxygens (including phenoxy) is 2. The Bertz CT molecular complexity index is 799. The molecule has 0 bridgehead atoms. The largest absolute Gasteiger partial charge is 0.436 e. The molecule has 0 saturated carbocycles. The Morgan fingerprint density at radius 1 is 1.28 bits per heavy atom. The van der Waals surface area contributed by atoms with E-state index in [4.69, 9.17) is 14.7 Å². The molecule has 7 nitrogen and oxygen atoms in total. The zero-order chi connectivity index (χ0) is 17.6. The molecule has 1 aromatic heterocycles. The third-order valence-corrected chi connectivity index (χ3v) is 3.73. The Hall–Kier alpha value is -3.05. The lowest BCUT2D eigenvalue weighted by Gasteiger charge is -2.22. The van der Waals surface area contributed by atoms with E-state index in [1.807, 2.05) is 0 Å². The second-order valence-corrected chi connectivity index (χ2v) is 5.44. The van der Waals surface area contributed by atoms with E-state index in [1.54, 1.807) is 6.07 Å². The zero-order valence-corrected chi connectivity index (χ0v) is 13.2. The summed E-state index contributed by atoms with van der Waals surface area (Å²) < 4.78 is 24.2. The minimum absolute atomic E-state index is 0.0382. The van der Waals surface area contributed by atoms with E-state index in [0.29, 0.717) is 13.2 Å². The van der Waals surface area contributed by atoms with Gasteiger partial charge in [0, 0.05) is 25.3 Å². The first-order valence-electron chi connectivity index (χ1n) is 7.76. The topological polar surface area (TPSA) is 97.1 Å². The van der Waals surface area contributed by atoms with Gasteiger partial charge in [-0.25, -0.2) is 4.39 Å². The Labute approximate surface area is 143 Å². The SMILES string of the molecule is N#Cc1c(F)cccc1Oc1ccc(C(=O)NC2CCOCC2)nn1. The molecule has 0 aliphatic carbocycles. The number of aromatic nitrogens is 2. The van der Waals surface area contributed by atoms with Gasteiger partial charge in [0.1, 0.15) is 23.2 Å². The summed E-state index contributed by atoms with van der Waals surface area (Å²) in [6.45, 7) is 1.25. The number of rotatable bonds is 4. The summed E-state index contributed by atoms with van der Waals surface area (Å²) in [6.07, 6.45) is 1.52. The number of halogens is 1. The number of nitriles is 1. The van der Waals surface area contributed by atoms with Gasteiger partial charge >= 0.3 is 0 Å². The molecule has 1 aliphatic rings. The number of hydrogen-bond acceptors (Lipinski definition) is 6. The standard InChI is InChI=1S/C17H15FN4O3/c18-13-2-1-3-15(12(13)10-19)25-16-5-4-14(21-22-16)17(23)20-11-6-8-24-9-7-11/h1-5,11H,6-9H2,(H,20,23). The maximum atomic E-state index is 13.5. The Morgan fingerprint density at radius 3 is 2.76 bits per heavy atom. The maximum Gasteiger partial charge on any atom is 0.272 e. The molecule has 0 unspecified atom stereocenters. The molecule has 3 rings (SSSR count). The van der Waals surface area contributed by atoms with E-state index in [1.165, 1.54) is 30.3 Å². The average molecular weight is 342 g/mol. The second kappa shape index (κ2) is 7.68. The number of carbonyl (C=O) groups excluding carboxylic acids is 1. The van der Waals surface area contributed by atoms with Gasteiger partial charge in [-0.05, 0) is 31.0 Å². The van der Waals surface area contributed by atoms with Crippen LogP contribution in [0.25, 0.3) is 0 Å². The Kier molecular flexibility index (Phi) is 5.16. The van der Waals surface area contributed by atoms with Crippen LogP contribution in [0.4, 0.5) is 4.39 Å². The molecule has 0 spiro atoms. The van der Waals surface area contributed by atoms with Crippen molar-refractivity contribution in [3.63, 3.8) is 0 Å². The van der Waals surface area contributed by atoms with Crippen molar-refractivity contribution in [3.8, 4) is 17.7 Å². The maximum absolute atomic E-state index is 13.5. The lowest BCUT2D eigenvalue weighted by molar-refractivity contribution is 0.0693. The molecule has 2 aromatic rings. The monoisotopic (exact) mass is 342 g/mol. The first-order valence-corrected chi connectivity index (χ1v) is 7.76. The van der Waals surface area contributed by atoms with Crippen molar-refractivity contribution in [1.29, 1.82) is 5.26 Å². The highest BCUT2D eigenvalue weighted by Gasteiger charge is 2.18. The quantitative estimate of drug-likeness (QED) is 0.915. The van der Waals surface area contributed by atoms with E-state index >= 15 is 0 Å². The van der Waals surface area contributed by atoms with Gasteiger partial charge in [-0.3, -0.25) is 4.79 Å². The van der Waals surface area contributed by atoms with Crippen LogP contribution in [0.5, 0.6) is 11.6 Å². The smallest absolute Gasteiger partial charge is 0.272 e. The van der Waals surface area contributed by atoms with E-state index in [2.05, 4.69) is 15.5 Å². The molecular formula is C17H15FN4O3. The summed E-state index contributed by atoms with van der Waals surface area (Å²) >= 11 is 0. The summed E-state index contributed by atoms with van der Waals surface area (Å²) in [7, 11) is 0. The molecular weight excluding hydrogens is 327 g/mol. The second-order valence-electron chi connectivity index (χ2n) is 5.44. The van der Waals surface area contributed by atoms with Crippen LogP contribution in [-0.2, 0) is 4.74 Å². The predicted octanol–water partition coefficient (Wildman–Crippen LogP) is 2.19. The molecule has 1 N–H and O–H groups in total. The summed E-state index contributed by atoms with van der Waals surface area (Å²) in [4.78, 5) is 12.1. The number of benzene rings is 1. The zero-order valence-electron chi connectivity index (χ0n) is 13.2. The van der Waals surface area contributed by atoms with Crippen molar-refractivity contribution in [2.75, 3.05) is 13.2 Å². The number of hydrogen-bond donors (Lipinski definition) is 1. The molecule has 8 heteroatoms. The lowest BCUT2D eigenvalue weighted by atomic mass is 10.1. The van der Waals surface area contributed by atoms with Crippen LogP contribution in [0.15, 0.2) is 30.3 Å². The van der Waals surface area contributed by atoms with Crippen LogP contribution in [-0.4, -0.2) is 35.4 Å². The minimum atomic E-state index is -0.680. The molecule has 1 aliphatic heterocycles. The molecule has 0 atom stereocenters. The van der Waals surface area contributed by atoms with Crippen molar-refractivity contribution in [3.05, 3.63) is 47.4 Å². The van der Waals surface area contributed by atoms with Gasteiger partial charge in [0.05, 0.1) is 0 Å². The molecule has 25 heavy (non-hydrogen) atoms. The molecule has 1 saturated heterocycles. The van der Waals surface area contributed by atoms with Gasteiger partial charge < -0.3 is 14.8 Å². The van der Waals surface area contributed by atoms with Crippen LogP contribution in [0.2, 0.25) is 0 Å². The van der Waals surface area contributed by atoms with Crippen LogP contribution >= 0.6 is 0 Å². The molecule has 128 valence electrons. The third-order valence-electron chi connectivity index (χ3n) is 3.73. The van der Waals surface area contributed by atoms with Crippen LogP contribution in [0.3, 0.4) is 0 Å². The fourth-order valence-electron chi connectivity index (χ4n) is 2.41. The van der Waals surface area contributed by atoms with Gasteiger partial charge in [0.15, 0.2) is 5.69 Å². The van der Waals surface area contributed by atoms with Gasteiger partial charge in [0.25, 0.3) is 5.91 Å². The fourth-order valence-corrected chi connectivity index (χ4v) is 2.41. The number of carbonyl (C=O) groups is 1. The highest BCUT2D eigenvalue weighted by atomic mass is 19.1. The number of amides is 1. The van der Waals surface area contributed by atoms with Gasteiger partial charge in [-0.2, -0.15) is 5.26 Å². The Balaban J connectivity index is 1.67. The van der Waals surface area contributed by atoms with Crippen molar-refractivity contribution in [1.82, 2.24) is 15.5 Å². The molecule has 2 heterocycles. The predicted molar refractivity (Wildman–Crippen MR) is 84.5 cm³/mol. The average Bonchev–Trinajstić information content (AvgIpc) is 2.63. The van der Waals surface area contributed by atoms with E-state index in [0.717, 1.165) is 12.8 Å². The van der Waals surface area contributed by atoms with Crippen molar-refractivity contribution < 1.29 is 18.7 Å². The van der Waals surface area contributed by atoms with E-state index < -0.39 is 5.82 Å². The molecule has 1 aromatic carbocycles. The molecule has 0 radical (unpaired) electrons. The first kappa shape index (κ1) is 16.8. The summed E-state index contributed by atoms with van der Waals surface area (Å²) in [6, 6.07) is 8.75.